The molecule has 0 aromatic carbocycles. The zero-order valence-corrected chi connectivity index (χ0v) is 9.31. The van der Waals surface area contributed by atoms with Crippen LogP contribution in [0, 0.1) is 0 Å². The summed E-state index contributed by atoms with van der Waals surface area (Å²) in [6.07, 6.45) is 4.05. The summed E-state index contributed by atoms with van der Waals surface area (Å²) in [6.45, 7) is 7.62. The second-order valence-corrected chi connectivity index (χ2v) is 4.35. The molecule has 1 heterocycles. The Balaban J connectivity index is 2.38. The molecule has 0 saturated carbocycles. The van der Waals surface area contributed by atoms with E-state index in [-0.39, 0.29) is 11.4 Å². The molecular weight excluding hydrogens is 176 g/mol. The van der Waals surface area contributed by atoms with Crippen LogP contribution in [-0.4, -0.2) is 24.5 Å². The van der Waals surface area contributed by atoms with Gasteiger partial charge >= 0.3 is 0 Å². The first-order valence-corrected chi connectivity index (χ1v) is 5.21. The molecule has 0 aromatic heterocycles. The van der Waals surface area contributed by atoms with Gasteiger partial charge in [-0.2, -0.15) is 0 Å². The molecule has 0 aliphatic carbocycles. The van der Waals surface area contributed by atoms with E-state index in [4.69, 9.17) is 0 Å². The van der Waals surface area contributed by atoms with E-state index in [1.807, 2.05) is 26.8 Å². The van der Waals surface area contributed by atoms with Gasteiger partial charge in [0, 0.05) is 6.54 Å². The maximum atomic E-state index is 11.7. The van der Waals surface area contributed by atoms with Crippen molar-refractivity contribution in [1.82, 2.24) is 10.6 Å². The van der Waals surface area contributed by atoms with Crippen LogP contribution in [0.2, 0.25) is 0 Å². The minimum Gasteiger partial charge on any atom is -0.351 e. The maximum Gasteiger partial charge on any atom is 0.240 e. The molecule has 14 heavy (non-hydrogen) atoms. The van der Waals surface area contributed by atoms with E-state index in [1.54, 1.807) is 0 Å². The van der Waals surface area contributed by atoms with Crippen LogP contribution in [0.1, 0.15) is 33.6 Å². The Hall–Kier alpha value is -0.830. The second-order valence-electron chi connectivity index (χ2n) is 4.35. The van der Waals surface area contributed by atoms with E-state index >= 15 is 0 Å². The Kier molecular flexibility index (Phi) is 3.69. The SMILES string of the molecule is CC(C)=CCNC(=O)C1(C)CCCN1. The summed E-state index contributed by atoms with van der Waals surface area (Å²) in [6, 6.07) is 0. The van der Waals surface area contributed by atoms with Crippen molar-refractivity contribution in [3.8, 4) is 0 Å². The van der Waals surface area contributed by atoms with Gasteiger partial charge in [0.2, 0.25) is 5.91 Å². The van der Waals surface area contributed by atoms with Crippen molar-refractivity contribution in [3.05, 3.63) is 11.6 Å². The van der Waals surface area contributed by atoms with Gasteiger partial charge in [-0.3, -0.25) is 4.79 Å². The van der Waals surface area contributed by atoms with Crippen LogP contribution in [0.3, 0.4) is 0 Å². The predicted octanol–water partition coefficient (Wildman–Crippen LogP) is 1.21. The van der Waals surface area contributed by atoms with Gasteiger partial charge in [-0.1, -0.05) is 11.6 Å². The third-order valence-electron chi connectivity index (χ3n) is 2.64. The number of allylic oxidation sites excluding steroid dienone is 1. The van der Waals surface area contributed by atoms with E-state index in [9.17, 15) is 4.79 Å². The van der Waals surface area contributed by atoms with Crippen LogP contribution in [0.4, 0.5) is 0 Å². The van der Waals surface area contributed by atoms with Gasteiger partial charge in [-0.05, 0) is 40.2 Å². The number of rotatable bonds is 3. The lowest BCUT2D eigenvalue weighted by Crippen LogP contribution is -2.51. The van der Waals surface area contributed by atoms with Gasteiger partial charge in [-0.15, -0.1) is 0 Å². The number of carbonyl (C=O) groups is 1. The zero-order chi connectivity index (χ0) is 10.6. The fourth-order valence-electron chi connectivity index (χ4n) is 1.63. The largest absolute Gasteiger partial charge is 0.351 e. The summed E-state index contributed by atoms with van der Waals surface area (Å²) in [4.78, 5) is 11.7. The Morgan fingerprint density at radius 2 is 2.29 bits per heavy atom. The molecule has 1 saturated heterocycles. The minimum atomic E-state index is -0.338. The summed E-state index contributed by atoms with van der Waals surface area (Å²) in [5, 5.41) is 6.16. The van der Waals surface area contributed by atoms with Crippen molar-refractivity contribution < 1.29 is 4.79 Å². The average Bonchev–Trinajstić information content (AvgIpc) is 2.52. The van der Waals surface area contributed by atoms with Crippen LogP contribution in [-0.2, 0) is 4.79 Å². The Morgan fingerprint density at radius 1 is 1.57 bits per heavy atom. The van der Waals surface area contributed by atoms with E-state index in [2.05, 4.69) is 10.6 Å². The fourth-order valence-corrected chi connectivity index (χ4v) is 1.63. The second kappa shape index (κ2) is 4.60. The van der Waals surface area contributed by atoms with E-state index < -0.39 is 0 Å². The number of hydrogen-bond donors (Lipinski definition) is 2. The highest BCUT2D eigenvalue weighted by molar-refractivity contribution is 5.86. The fraction of sp³-hybridized carbons (Fsp3) is 0.727. The molecule has 1 rings (SSSR count). The number of hydrogen-bond acceptors (Lipinski definition) is 2. The summed E-state index contributed by atoms with van der Waals surface area (Å²) in [5.41, 5.74) is 0.894. The molecule has 0 aromatic rings. The molecule has 1 aliphatic rings. The lowest BCUT2D eigenvalue weighted by Gasteiger charge is -2.22. The first-order valence-electron chi connectivity index (χ1n) is 5.21. The van der Waals surface area contributed by atoms with Crippen LogP contribution in [0.5, 0.6) is 0 Å². The van der Waals surface area contributed by atoms with Crippen LogP contribution in [0.15, 0.2) is 11.6 Å². The minimum absolute atomic E-state index is 0.118. The van der Waals surface area contributed by atoms with Gasteiger partial charge in [0.05, 0.1) is 5.54 Å². The van der Waals surface area contributed by atoms with Gasteiger partial charge in [0.25, 0.3) is 0 Å². The monoisotopic (exact) mass is 196 g/mol. The maximum absolute atomic E-state index is 11.7. The molecule has 1 unspecified atom stereocenters. The number of amides is 1. The first-order chi connectivity index (χ1) is 6.54. The molecule has 0 radical (unpaired) electrons. The average molecular weight is 196 g/mol. The molecular formula is C11H20N2O. The van der Waals surface area contributed by atoms with E-state index in [1.165, 1.54) is 5.57 Å². The quantitative estimate of drug-likeness (QED) is 0.666. The van der Waals surface area contributed by atoms with E-state index in [0.717, 1.165) is 19.4 Å². The van der Waals surface area contributed by atoms with Crippen LogP contribution >= 0.6 is 0 Å². The molecule has 80 valence electrons. The van der Waals surface area contributed by atoms with Crippen molar-refractivity contribution in [2.24, 2.45) is 0 Å². The summed E-state index contributed by atoms with van der Waals surface area (Å²) in [5.74, 6) is 0.118. The Bertz CT molecular complexity index is 236. The molecule has 1 fully saturated rings. The smallest absolute Gasteiger partial charge is 0.240 e. The normalized spacial score (nSPS) is 25.9. The Morgan fingerprint density at radius 3 is 2.79 bits per heavy atom. The topological polar surface area (TPSA) is 41.1 Å². The zero-order valence-electron chi connectivity index (χ0n) is 9.31. The highest BCUT2D eigenvalue weighted by atomic mass is 16.2. The van der Waals surface area contributed by atoms with Gasteiger partial charge in [0.15, 0.2) is 0 Å². The highest BCUT2D eigenvalue weighted by Crippen LogP contribution is 2.18. The third-order valence-corrected chi connectivity index (χ3v) is 2.64. The third kappa shape index (κ3) is 2.84. The van der Waals surface area contributed by atoms with Crippen molar-refractivity contribution >= 4 is 5.91 Å². The summed E-state index contributed by atoms with van der Waals surface area (Å²) < 4.78 is 0. The molecule has 1 amide bonds. The summed E-state index contributed by atoms with van der Waals surface area (Å²) in [7, 11) is 0. The lowest BCUT2D eigenvalue weighted by atomic mass is 9.99. The molecule has 0 bridgehead atoms. The van der Waals surface area contributed by atoms with Crippen molar-refractivity contribution in [1.29, 1.82) is 0 Å². The standard InChI is InChI=1S/C11H20N2O/c1-9(2)5-8-12-10(14)11(3)6-4-7-13-11/h5,13H,4,6-8H2,1-3H3,(H,12,14). The van der Waals surface area contributed by atoms with Crippen LogP contribution in [0.25, 0.3) is 0 Å². The molecule has 3 nitrogen and oxygen atoms in total. The van der Waals surface area contributed by atoms with Crippen molar-refractivity contribution in [2.75, 3.05) is 13.1 Å². The predicted molar refractivity (Wildman–Crippen MR) is 58.1 cm³/mol. The first kappa shape index (κ1) is 11.2. The van der Waals surface area contributed by atoms with Crippen molar-refractivity contribution in [3.63, 3.8) is 0 Å². The highest BCUT2D eigenvalue weighted by Gasteiger charge is 2.35. The van der Waals surface area contributed by atoms with Gasteiger partial charge in [0.1, 0.15) is 0 Å². The molecule has 3 heteroatoms. The van der Waals surface area contributed by atoms with Crippen LogP contribution < -0.4 is 10.6 Å². The van der Waals surface area contributed by atoms with Gasteiger partial charge < -0.3 is 10.6 Å². The van der Waals surface area contributed by atoms with E-state index in [0.29, 0.717) is 6.54 Å². The molecule has 1 aliphatic heterocycles. The Labute approximate surface area is 86.0 Å². The molecule has 2 N–H and O–H groups in total. The molecule has 0 spiro atoms. The number of nitrogens with one attached hydrogen (secondary N) is 2. The lowest BCUT2D eigenvalue weighted by molar-refractivity contribution is -0.126. The van der Waals surface area contributed by atoms with Crippen molar-refractivity contribution in [2.45, 2.75) is 39.2 Å². The summed E-state index contributed by atoms with van der Waals surface area (Å²) >= 11 is 0. The molecule has 1 atom stereocenters. The van der Waals surface area contributed by atoms with Gasteiger partial charge in [-0.25, -0.2) is 0 Å². The number of carbonyl (C=O) groups excluding carboxylic acids is 1.